The highest BCUT2D eigenvalue weighted by molar-refractivity contribution is 6.34. The second-order valence-electron chi connectivity index (χ2n) is 11.4. The first-order chi connectivity index (χ1) is 19.1. The van der Waals surface area contributed by atoms with E-state index in [4.69, 9.17) is 16.3 Å². The summed E-state index contributed by atoms with van der Waals surface area (Å²) in [6, 6.07) is 4.52. The smallest absolute Gasteiger partial charge is 0.253 e. The number of aryl methyl sites for hydroxylation is 1. The maximum atomic E-state index is 14.7. The Balaban J connectivity index is 1.82. The lowest BCUT2D eigenvalue weighted by atomic mass is 9.66. The van der Waals surface area contributed by atoms with Crippen molar-refractivity contribution < 1.29 is 24.2 Å². The van der Waals surface area contributed by atoms with Crippen molar-refractivity contribution in [1.29, 1.82) is 0 Å². The number of halogens is 1. The van der Waals surface area contributed by atoms with Crippen LogP contribution < -0.4 is 4.90 Å². The Morgan fingerprint density at radius 2 is 1.93 bits per heavy atom. The number of unbranched alkanes of at least 4 members (excludes halogenated alkanes) is 1. The summed E-state index contributed by atoms with van der Waals surface area (Å²) in [6.45, 7) is 14.9. The molecule has 3 saturated heterocycles. The van der Waals surface area contributed by atoms with Crippen LogP contribution in [0.3, 0.4) is 0 Å². The van der Waals surface area contributed by atoms with Crippen LogP contribution in [0.25, 0.3) is 0 Å². The van der Waals surface area contributed by atoms with Crippen LogP contribution in [0, 0.1) is 18.8 Å². The number of anilines is 1. The van der Waals surface area contributed by atoms with E-state index < -0.39 is 29.1 Å². The Morgan fingerprint density at radius 1 is 1.20 bits per heavy atom. The zero-order valence-electron chi connectivity index (χ0n) is 23.9. The molecule has 8 nitrogen and oxygen atoms in total. The molecule has 2 unspecified atom stereocenters. The van der Waals surface area contributed by atoms with E-state index >= 15 is 0 Å². The van der Waals surface area contributed by atoms with Gasteiger partial charge in [-0.05, 0) is 57.6 Å². The Kier molecular flexibility index (Phi) is 9.12. The normalized spacial score (nSPS) is 28.5. The Bertz CT molecular complexity index is 1150. The number of hydrogen-bond donors (Lipinski definition) is 1. The number of carbonyl (C=O) groups is 3. The van der Waals surface area contributed by atoms with Gasteiger partial charge in [0, 0.05) is 32.8 Å². The van der Waals surface area contributed by atoms with Gasteiger partial charge in [0.15, 0.2) is 0 Å². The largest absolute Gasteiger partial charge is 0.396 e. The van der Waals surface area contributed by atoms with Crippen LogP contribution in [-0.4, -0.2) is 82.7 Å². The number of rotatable bonds is 13. The van der Waals surface area contributed by atoms with Crippen LogP contribution in [0.1, 0.15) is 51.5 Å². The number of nitrogens with zero attached hydrogens (tertiary/aromatic N) is 3. The summed E-state index contributed by atoms with van der Waals surface area (Å²) in [5.74, 6) is -2.14. The molecule has 3 fully saturated rings. The first-order valence-electron chi connectivity index (χ1n) is 14.3. The van der Waals surface area contributed by atoms with Crippen molar-refractivity contribution in [2.45, 2.75) is 70.1 Å². The van der Waals surface area contributed by atoms with Crippen LogP contribution in [0.4, 0.5) is 5.69 Å². The number of aliphatic hydroxyl groups is 1. The van der Waals surface area contributed by atoms with E-state index in [-0.39, 0.29) is 37.4 Å². The summed E-state index contributed by atoms with van der Waals surface area (Å²) in [6.07, 6.45) is 6.19. The molecule has 0 aromatic heterocycles. The Labute approximate surface area is 242 Å². The molecule has 1 aromatic carbocycles. The van der Waals surface area contributed by atoms with E-state index in [1.54, 1.807) is 32.9 Å². The fraction of sp³-hybridized carbons (Fsp3) is 0.581. The van der Waals surface area contributed by atoms with Crippen LogP contribution >= 0.6 is 11.6 Å². The predicted octanol–water partition coefficient (Wildman–Crippen LogP) is 4.13. The predicted molar refractivity (Wildman–Crippen MR) is 156 cm³/mol. The number of benzene rings is 1. The van der Waals surface area contributed by atoms with Crippen LogP contribution in [0.15, 0.2) is 43.5 Å². The molecule has 2 bridgehead atoms. The topological polar surface area (TPSA) is 90.4 Å². The molecule has 40 heavy (non-hydrogen) atoms. The van der Waals surface area contributed by atoms with Gasteiger partial charge in [-0.3, -0.25) is 14.4 Å². The molecule has 5 atom stereocenters. The lowest BCUT2D eigenvalue weighted by Crippen LogP contribution is -2.57. The average Bonchev–Trinajstić information content (AvgIpc) is 3.48. The molecular formula is C31H42ClN3O5. The molecular weight excluding hydrogens is 530 g/mol. The summed E-state index contributed by atoms with van der Waals surface area (Å²) in [4.78, 5) is 48.0. The highest BCUT2D eigenvalue weighted by Gasteiger charge is 2.78. The molecule has 3 heterocycles. The maximum absolute atomic E-state index is 14.7. The van der Waals surface area contributed by atoms with Gasteiger partial charge in [0.2, 0.25) is 11.8 Å². The first kappa shape index (κ1) is 30.3. The average molecular weight is 572 g/mol. The number of fused-ring (bicyclic) bond motifs is 1. The van der Waals surface area contributed by atoms with Gasteiger partial charge in [0.1, 0.15) is 11.6 Å². The minimum atomic E-state index is -1.14. The quantitative estimate of drug-likeness (QED) is 0.284. The molecule has 3 amide bonds. The number of amides is 3. The van der Waals surface area contributed by atoms with E-state index in [2.05, 4.69) is 13.2 Å². The zero-order chi connectivity index (χ0) is 29.2. The third kappa shape index (κ3) is 4.88. The molecule has 4 rings (SSSR count). The van der Waals surface area contributed by atoms with Crippen molar-refractivity contribution >= 4 is 35.0 Å². The number of hydrogen-bond acceptors (Lipinski definition) is 5. The highest BCUT2D eigenvalue weighted by Crippen LogP contribution is 2.63. The van der Waals surface area contributed by atoms with Crippen molar-refractivity contribution in [1.82, 2.24) is 9.80 Å². The third-order valence-corrected chi connectivity index (χ3v) is 9.08. The minimum absolute atomic E-state index is 0.0141. The van der Waals surface area contributed by atoms with Crippen molar-refractivity contribution in [3.63, 3.8) is 0 Å². The third-order valence-electron chi connectivity index (χ3n) is 8.77. The van der Waals surface area contributed by atoms with E-state index in [0.717, 1.165) is 12.0 Å². The second kappa shape index (κ2) is 12.0. The molecule has 0 aliphatic carbocycles. The standard InChI is InChI=1S/C31H42ClN3O5/c1-6-16-33(17-7-2)27(37)23-24-28(38)35(19-9-10-20-36)26(31(24)15-14-30(23,5)40-31)29(39)34(18-8-3)25-21(4)12-11-13-22(25)32/h6,8,11-13,23-24,26,36H,1,3,7,9-10,14-20H2,2,4-5H3/t23-,24-,26?,30+,31?/m0/s1. The summed E-state index contributed by atoms with van der Waals surface area (Å²) in [5.41, 5.74) is -0.597. The SMILES string of the molecule is C=CCN(CCC)C(=O)[C@@H]1[C@H]2C(=O)N(CCCCO)C(C(=O)N(CC=C)c3c(C)cccc3Cl)C23CC[C@@]1(C)O3. The van der Waals surface area contributed by atoms with Crippen LogP contribution in [0.2, 0.25) is 5.02 Å². The first-order valence-corrected chi connectivity index (χ1v) is 14.7. The van der Waals surface area contributed by atoms with Crippen molar-refractivity contribution in [2.75, 3.05) is 37.7 Å². The molecule has 3 aliphatic rings. The fourth-order valence-electron chi connectivity index (χ4n) is 7.16. The molecule has 0 radical (unpaired) electrons. The summed E-state index contributed by atoms with van der Waals surface area (Å²) >= 11 is 6.62. The molecule has 1 aromatic rings. The van der Waals surface area contributed by atoms with Gasteiger partial charge in [0.25, 0.3) is 5.91 Å². The van der Waals surface area contributed by atoms with Gasteiger partial charge in [0.05, 0.1) is 28.1 Å². The van der Waals surface area contributed by atoms with E-state index in [9.17, 15) is 19.5 Å². The van der Waals surface area contributed by atoms with Gasteiger partial charge in [-0.1, -0.05) is 42.8 Å². The number of aliphatic hydroxyl groups excluding tert-OH is 1. The molecule has 1 N–H and O–H groups in total. The van der Waals surface area contributed by atoms with Crippen LogP contribution in [0.5, 0.6) is 0 Å². The molecule has 3 aliphatic heterocycles. The van der Waals surface area contributed by atoms with Crippen LogP contribution in [-0.2, 0) is 19.1 Å². The van der Waals surface area contributed by atoms with Crippen molar-refractivity contribution in [2.24, 2.45) is 11.8 Å². The highest BCUT2D eigenvalue weighted by atomic mass is 35.5. The molecule has 0 saturated carbocycles. The Hall–Kier alpha value is -2.68. The monoisotopic (exact) mass is 571 g/mol. The molecule has 9 heteroatoms. The fourth-order valence-corrected chi connectivity index (χ4v) is 7.49. The number of para-hydroxylation sites is 1. The number of carbonyl (C=O) groups excluding carboxylic acids is 3. The van der Waals surface area contributed by atoms with Crippen molar-refractivity contribution in [3.8, 4) is 0 Å². The van der Waals surface area contributed by atoms with E-state index in [0.29, 0.717) is 49.5 Å². The minimum Gasteiger partial charge on any atom is -0.396 e. The van der Waals surface area contributed by atoms with E-state index in [1.165, 1.54) is 0 Å². The molecule has 218 valence electrons. The maximum Gasteiger partial charge on any atom is 0.253 e. The Morgan fingerprint density at radius 3 is 2.55 bits per heavy atom. The van der Waals surface area contributed by atoms with Gasteiger partial charge >= 0.3 is 0 Å². The van der Waals surface area contributed by atoms with Gasteiger partial charge in [-0.15, -0.1) is 13.2 Å². The number of ether oxygens (including phenoxy) is 1. The second-order valence-corrected chi connectivity index (χ2v) is 11.8. The van der Waals surface area contributed by atoms with Gasteiger partial charge in [-0.25, -0.2) is 0 Å². The number of likely N-dealkylation sites (tertiary alicyclic amines) is 1. The van der Waals surface area contributed by atoms with Gasteiger partial charge < -0.3 is 24.5 Å². The molecule has 1 spiro atoms. The summed E-state index contributed by atoms with van der Waals surface area (Å²) < 4.78 is 6.79. The summed E-state index contributed by atoms with van der Waals surface area (Å²) in [7, 11) is 0. The zero-order valence-corrected chi connectivity index (χ0v) is 24.7. The lowest BCUT2D eigenvalue weighted by molar-refractivity contribution is -0.149. The van der Waals surface area contributed by atoms with E-state index in [1.807, 2.05) is 32.9 Å². The summed E-state index contributed by atoms with van der Waals surface area (Å²) in [5, 5.41) is 9.86. The van der Waals surface area contributed by atoms with Gasteiger partial charge in [-0.2, -0.15) is 0 Å². The lowest BCUT2D eigenvalue weighted by Gasteiger charge is -2.37. The van der Waals surface area contributed by atoms with Crippen molar-refractivity contribution in [3.05, 3.63) is 54.1 Å².